The molecule has 4 aromatic rings. The van der Waals surface area contributed by atoms with Crippen LogP contribution in [0.4, 0.5) is 15.4 Å². The van der Waals surface area contributed by atoms with Gasteiger partial charge in [0.05, 0.1) is 18.5 Å². The van der Waals surface area contributed by atoms with Crippen molar-refractivity contribution < 1.29 is 32.2 Å². The molecule has 0 unspecified atom stereocenters. The molecule has 0 aliphatic heterocycles. The van der Waals surface area contributed by atoms with E-state index in [1.165, 1.54) is 4.90 Å². The Hall–Kier alpha value is -4.36. The molecule has 0 saturated carbocycles. The van der Waals surface area contributed by atoms with Crippen LogP contribution in [0.2, 0.25) is 0 Å². The number of carbonyl (C=O) groups excluding carboxylic acids is 2. The molecule has 258 valence electrons. The van der Waals surface area contributed by atoms with Crippen LogP contribution in [0.1, 0.15) is 53.5 Å². The number of sulfonamides is 1. The minimum atomic E-state index is -4.14. The van der Waals surface area contributed by atoms with E-state index in [1.54, 1.807) is 64.5 Å². The van der Waals surface area contributed by atoms with Crippen molar-refractivity contribution in [1.29, 1.82) is 0 Å². The van der Waals surface area contributed by atoms with Crippen molar-refractivity contribution >= 4 is 45.3 Å². The lowest BCUT2D eigenvalue weighted by Gasteiger charge is -2.30. The summed E-state index contributed by atoms with van der Waals surface area (Å²) in [4.78, 5) is 32.7. The van der Waals surface area contributed by atoms with Gasteiger partial charge in [-0.15, -0.1) is 11.6 Å². The fourth-order valence-corrected chi connectivity index (χ4v) is 6.16. The molecule has 0 atom stereocenters. The van der Waals surface area contributed by atoms with E-state index in [4.69, 9.17) is 30.8 Å². The SMILES string of the molecule is CC(C)(C)OC(=O)N(CCN(C(=O)OC(C)(C)C)S(=O)(=O)CCCCl)c1ccn2ncc(-c3cccc(OCc4ccccc4)c3)c2n1. The number of anilines is 1. The van der Waals surface area contributed by atoms with Crippen LogP contribution in [0.25, 0.3) is 16.8 Å². The zero-order valence-corrected chi connectivity index (χ0v) is 29.6. The molecular formula is C34H42ClN5O7S. The van der Waals surface area contributed by atoms with Gasteiger partial charge in [0.2, 0.25) is 10.0 Å². The monoisotopic (exact) mass is 699 g/mol. The number of amides is 2. The summed E-state index contributed by atoms with van der Waals surface area (Å²) < 4.78 is 45.8. The molecule has 0 spiro atoms. The second-order valence-electron chi connectivity index (χ2n) is 13.0. The molecule has 0 N–H and O–H groups in total. The number of hydrogen-bond donors (Lipinski definition) is 0. The van der Waals surface area contributed by atoms with Gasteiger partial charge in [-0.05, 0) is 77.3 Å². The molecule has 0 aliphatic rings. The van der Waals surface area contributed by atoms with Gasteiger partial charge in [-0.1, -0.05) is 42.5 Å². The van der Waals surface area contributed by atoms with Crippen molar-refractivity contribution in [1.82, 2.24) is 18.9 Å². The zero-order valence-electron chi connectivity index (χ0n) is 28.1. The van der Waals surface area contributed by atoms with E-state index >= 15 is 0 Å². The van der Waals surface area contributed by atoms with Crippen LogP contribution in [0.15, 0.2) is 73.1 Å². The summed E-state index contributed by atoms with van der Waals surface area (Å²) in [5, 5.41) is 4.43. The maximum Gasteiger partial charge on any atom is 0.424 e. The fourth-order valence-electron chi connectivity index (χ4n) is 4.52. The van der Waals surface area contributed by atoms with Gasteiger partial charge in [-0.25, -0.2) is 31.8 Å². The Kier molecular flexibility index (Phi) is 11.6. The molecule has 48 heavy (non-hydrogen) atoms. The Labute approximate surface area is 286 Å². The standard InChI is InChI=1S/C34H42ClN5O7S/c1-33(2,3)46-31(41)38(19-20-40(32(42)47-34(4,5)6)48(43,44)21-11-17-35)29-16-18-39-30(37-29)28(23-36-39)26-14-10-15-27(22-26)45-24-25-12-8-7-9-13-25/h7-10,12-16,18,22-23H,11,17,19-21,24H2,1-6H3. The number of aromatic nitrogens is 3. The van der Waals surface area contributed by atoms with Crippen molar-refractivity contribution in [2.45, 2.75) is 65.8 Å². The number of alkyl halides is 1. The molecule has 12 nitrogen and oxygen atoms in total. The first-order chi connectivity index (χ1) is 22.6. The first-order valence-corrected chi connectivity index (χ1v) is 17.6. The third-order valence-electron chi connectivity index (χ3n) is 6.63. The highest BCUT2D eigenvalue weighted by Crippen LogP contribution is 2.29. The van der Waals surface area contributed by atoms with Gasteiger partial charge in [0.25, 0.3) is 0 Å². The molecule has 2 heterocycles. The third kappa shape index (κ3) is 10.1. The molecule has 0 fully saturated rings. The van der Waals surface area contributed by atoms with Gasteiger partial charge in [0, 0.05) is 24.2 Å². The van der Waals surface area contributed by atoms with Crippen LogP contribution in [0.3, 0.4) is 0 Å². The zero-order chi connectivity index (χ0) is 35.1. The second-order valence-corrected chi connectivity index (χ2v) is 15.3. The first kappa shape index (κ1) is 36.5. The molecule has 2 aromatic heterocycles. The van der Waals surface area contributed by atoms with Crippen LogP contribution < -0.4 is 9.64 Å². The smallest absolute Gasteiger partial charge is 0.424 e. The molecule has 4 rings (SSSR count). The van der Waals surface area contributed by atoms with Crippen LogP contribution in [0.5, 0.6) is 5.75 Å². The van der Waals surface area contributed by atoms with E-state index in [1.807, 2.05) is 54.6 Å². The predicted octanol–water partition coefficient (Wildman–Crippen LogP) is 6.91. The van der Waals surface area contributed by atoms with Gasteiger partial charge in [-0.2, -0.15) is 5.10 Å². The molecular weight excluding hydrogens is 658 g/mol. The molecule has 0 aliphatic carbocycles. The average molecular weight is 700 g/mol. The minimum absolute atomic E-state index is 0.0884. The summed E-state index contributed by atoms with van der Waals surface area (Å²) in [6.45, 7) is 9.75. The number of nitrogens with zero attached hydrogens (tertiary/aromatic N) is 5. The molecule has 2 aromatic carbocycles. The molecule has 0 bridgehead atoms. The van der Waals surface area contributed by atoms with Gasteiger partial charge in [-0.3, -0.25) is 4.90 Å². The predicted molar refractivity (Wildman–Crippen MR) is 185 cm³/mol. The van der Waals surface area contributed by atoms with Crippen LogP contribution in [0, 0.1) is 0 Å². The highest BCUT2D eigenvalue weighted by atomic mass is 35.5. The largest absolute Gasteiger partial charge is 0.489 e. The molecule has 0 saturated heterocycles. The number of halogens is 1. The lowest BCUT2D eigenvalue weighted by Crippen LogP contribution is -2.47. The van der Waals surface area contributed by atoms with Crippen LogP contribution in [-0.4, -0.2) is 75.4 Å². The Morgan fingerprint density at radius 1 is 0.896 bits per heavy atom. The number of rotatable bonds is 12. The summed E-state index contributed by atoms with van der Waals surface area (Å²) in [7, 11) is -4.14. The van der Waals surface area contributed by atoms with Crippen molar-refractivity contribution in [3.8, 4) is 16.9 Å². The lowest BCUT2D eigenvalue weighted by atomic mass is 10.1. The number of hydrogen-bond acceptors (Lipinski definition) is 9. The van der Waals surface area contributed by atoms with E-state index in [0.717, 1.165) is 11.1 Å². The van der Waals surface area contributed by atoms with Gasteiger partial charge in [0.1, 0.15) is 29.4 Å². The van der Waals surface area contributed by atoms with Crippen molar-refractivity contribution in [3.63, 3.8) is 0 Å². The third-order valence-corrected chi connectivity index (χ3v) is 8.71. The average Bonchev–Trinajstić information content (AvgIpc) is 3.43. The Balaban J connectivity index is 1.67. The highest BCUT2D eigenvalue weighted by molar-refractivity contribution is 7.89. The Bertz CT molecular complexity index is 1820. The summed E-state index contributed by atoms with van der Waals surface area (Å²) in [6.07, 6.45) is 1.58. The topological polar surface area (TPSA) is 133 Å². The van der Waals surface area contributed by atoms with Crippen molar-refractivity contribution in [2.24, 2.45) is 0 Å². The van der Waals surface area contributed by atoms with Crippen molar-refractivity contribution in [3.05, 3.63) is 78.6 Å². The van der Waals surface area contributed by atoms with E-state index < -0.39 is 40.0 Å². The van der Waals surface area contributed by atoms with Crippen LogP contribution in [-0.2, 0) is 26.1 Å². The van der Waals surface area contributed by atoms with Gasteiger partial charge in [0.15, 0.2) is 5.65 Å². The number of benzene rings is 2. The highest BCUT2D eigenvalue weighted by Gasteiger charge is 2.33. The Morgan fingerprint density at radius 2 is 1.58 bits per heavy atom. The van der Waals surface area contributed by atoms with E-state index in [-0.39, 0.29) is 30.4 Å². The summed E-state index contributed by atoms with van der Waals surface area (Å²) in [5.74, 6) is 0.530. The minimum Gasteiger partial charge on any atom is -0.489 e. The normalized spacial score (nSPS) is 12.1. The molecule has 14 heteroatoms. The first-order valence-electron chi connectivity index (χ1n) is 15.5. The summed E-state index contributed by atoms with van der Waals surface area (Å²) >= 11 is 5.76. The van der Waals surface area contributed by atoms with E-state index in [0.29, 0.717) is 27.9 Å². The summed E-state index contributed by atoms with van der Waals surface area (Å²) in [6, 6.07) is 18.9. The Morgan fingerprint density at radius 3 is 2.25 bits per heavy atom. The maximum absolute atomic E-state index is 13.6. The second kappa shape index (κ2) is 15.2. The van der Waals surface area contributed by atoms with E-state index in [2.05, 4.69) is 5.10 Å². The van der Waals surface area contributed by atoms with E-state index in [9.17, 15) is 18.0 Å². The fraction of sp³-hybridized carbons (Fsp3) is 0.412. The number of carbonyl (C=O) groups is 2. The van der Waals surface area contributed by atoms with Crippen LogP contribution >= 0.6 is 11.6 Å². The molecule has 0 radical (unpaired) electrons. The van der Waals surface area contributed by atoms with Crippen molar-refractivity contribution in [2.75, 3.05) is 29.6 Å². The quantitative estimate of drug-likeness (QED) is 0.145. The molecule has 2 amide bonds. The van der Waals surface area contributed by atoms with Gasteiger partial charge >= 0.3 is 12.2 Å². The number of fused-ring (bicyclic) bond motifs is 1. The van der Waals surface area contributed by atoms with Gasteiger partial charge < -0.3 is 14.2 Å². The maximum atomic E-state index is 13.6. The lowest BCUT2D eigenvalue weighted by molar-refractivity contribution is 0.0384. The number of ether oxygens (including phenoxy) is 3. The summed E-state index contributed by atoms with van der Waals surface area (Å²) in [5.41, 5.74) is 1.08.